The Balaban J connectivity index is 2.02. The monoisotopic (exact) mass is 500 g/mol. The normalized spacial score (nSPS) is 43.0. The van der Waals surface area contributed by atoms with Gasteiger partial charge < -0.3 is 19.0 Å². The summed E-state index contributed by atoms with van der Waals surface area (Å²) < 4.78 is 17.1. The van der Waals surface area contributed by atoms with Crippen molar-refractivity contribution in [2.24, 2.45) is 38.9 Å². The molecule has 0 aromatic heterocycles. The molecule has 0 aromatic rings. The number of esters is 2. The molecular weight excluding hydrogens is 460 g/mol. The Kier molecular flexibility index (Phi) is 5.94. The van der Waals surface area contributed by atoms with Crippen LogP contribution in [0.2, 0.25) is 0 Å². The fourth-order valence-corrected chi connectivity index (χ4v) is 9.30. The van der Waals surface area contributed by atoms with Crippen LogP contribution in [0, 0.1) is 38.9 Å². The number of rotatable bonds is 4. The van der Waals surface area contributed by atoms with Crippen molar-refractivity contribution in [3.63, 3.8) is 0 Å². The molecule has 0 amide bonds. The lowest BCUT2D eigenvalue weighted by Gasteiger charge is -2.68. The number of methoxy groups -OCH3 is 2. The molecule has 7 heteroatoms. The Bertz CT molecular complexity index is 1100. The summed E-state index contributed by atoms with van der Waals surface area (Å²) in [6, 6.07) is 0. The Hall–Kier alpha value is -2.44. The number of carbonyl (C=O) groups excluding carboxylic acids is 4. The minimum atomic E-state index is -1.40. The first-order chi connectivity index (χ1) is 16.7. The first-order valence-electron chi connectivity index (χ1n) is 12.9. The lowest BCUT2D eigenvalue weighted by Crippen LogP contribution is -2.70. The predicted octanol–water partition coefficient (Wildman–Crippen LogP) is 4.58. The first kappa shape index (κ1) is 26.6. The third-order valence-corrected chi connectivity index (χ3v) is 10.9. The highest BCUT2D eigenvalue weighted by atomic mass is 16.5. The fraction of sp³-hybridized carbons (Fsp3) is 0.724. The van der Waals surface area contributed by atoms with Crippen LogP contribution in [0.4, 0.5) is 0 Å². The van der Waals surface area contributed by atoms with Gasteiger partial charge in [-0.2, -0.15) is 0 Å². The van der Waals surface area contributed by atoms with Crippen molar-refractivity contribution >= 4 is 24.0 Å². The second kappa shape index (κ2) is 8.03. The average Bonchev–Trinajstić information content (AvgIpc) is 3.01. The van der Waals surface area contributed by atoms with E-state index in [0.717, 1.165) is 11.9 Å². The largest absolute Gasteiger partial charge is 0.499 e. The van der Waals surface area contributed by atoms with Gasteiger partial charge in [0, 0.05) is 23.3 Å². The van der Waals surface area contributed by atoms with E-state index in [0.29, 0.717) is 37.0 Å². The number of hydrogen-bond acceptors (Lipinski definition) is 7. The van der Waals surface area contributed by atoms with Gasteiger partial charge in [0.1, 0.15) is 23.6 Å². The number of allylic oxidation sites excluding steroid dienone is 3. The van der Waals surface area contributed by atoms with E-state index in [1.165, 1.54) is 21.1 Å². The molecule has 0 heterocycles. The molecule has 4 rings (SSSR count). The van der Waals surface area contributed by atoms with Gasteiger partial charge in [0.15, 0.2) is 5.78 Å². The molecule has 4 aliphatic rings. The summed E-state index contributed by atoms with van der Waals surface area (Å²) in [5, 5.41) is 0. The lowest BCUT2D eigenvalue weighted by atomic mass is 9.33. The first-order valence-corrected chi connectivity index (χ1v) is 12.9. The van der Waals surface area contributed by atoms with Crippen molar-refractivity contribution in [1.82, 2.24) is 0 Å². The number of fused-ring (bicyclic) bond motifs is 5. The maximum Gasteiger partial charge on any atom is 0.321 e. The summed E-state index contributed by atoms with van der Waals surface area (Å²) in [7, 11) is 2.85. The Morgan fingerprint density at radius 1 is 1.06 bits per heavy atom. The molecule has 0 aliphatic heterocycles. The van der Waals surface area contributed by atoms with Crippen LogP contribution in [0.5, 0.6) is 0 Å². The van der Waals surface area contributed by atoms with Gasteiger partial charge in [-0.15, -0.1) is 0 Å². The molecule has 198 valence electrons. The molecule has 0 bridgehead atoms. The topological polar surface area (TPSA) is 96.0 Å². The molecule has 2 saturated carbocycles. The third kappa shape index (κ3) is 2.70. The molecule has 36 heavy (non-hydrogen) atoms. The van der Waals surface area contributed by atoms with Crippen LogP contribution >= 0.6 is 0 Å². The molecule has 7 nitrogen and oxygen atoms in total. The van der Waals surface area contributed by atoms with Crippen molar-refractivity contribution in [1.29, 1.82) is 0 Å². The summed E-state index contributed by atoms with van der Waals surface area (Å²) in [6.45, 7) is 13.0. The van der Waals surface area contributed by atoms with Crippen molar-refractivity contribution in [2.45, 2.75) is 80.3 Å². The number of ether oxygens (including phenoxy) is 3. The predicted molar refractivity (Wildman–Crippen MR) is 132 cm³/mol. The average molecular weight is 501 g/mol. The second-order valence-electron chi connectivity index (χ2n) is 12.4. The maximum atomic E-state index is 14.0. The Morgan fingerprint density at radius 3 is 2.22 bits per heavy atom. The standard InChI is InChI=1S/C29H40O7/c1-16-14-20-26(6,29(24(33)35-9)23(34-8)17(2)22(32)27(16,29)7)12-10-19-25(4,5)21(36-18(3)31)11-13-28(19,20)15-30/h14-15,19-21H,10-13H2,1-9H3/t19-,20+,21+,26+,27+,28+,29-/m1/s1. The van der Waals surface area contributed by atoms with Crippen LogP contribution in [0.1, 0.15) is 74.1 Å². The van der Waals surface area contributed by atoms with Gasteiger partial charge in [-0.05, 0) is 63.7 Å². The molecule has 4 aliphatic carbocycles. The minimum absolute atomic E-state index is 0.0741. The number of ketones is 1. The summed E-state index contributed by atoms with van der Waals surface area (Å²) in [5.74, 6) is -1.02. The molecule has 0 aromatic carbocycles. The van der Waals surface area contributed by atoms with Crippen LogP contribution < -0.4 is 0 Å². The Labute approximate surface area is 214 Å². The highest BCUT2D eigenvalue weighted by molar-refractivity contribution is 6.11. The molecule has 0 radical (unpaired) electrons. The van der Waals surface area contributed by atoms with Crippen molar-refractivity contribution in [3.8, 4) is 0 Å². The number of carbonyl (C=O) groups is 4. The van der Waals surface area contributed by atoms with Crippen LogP contribution in [0.15, 0.2) is 23.0 Å². The quantitative estimate of drug-likeness (QED) is 0.317. The van der Waals surface area contributed by atoms with Crippen molar-refractivity contribution in [2.75, 3.05) is 14.2 Å². The maximum absolute atomic E-state index is 14.0. The zero-order valence-electron chi connectivity index (χ0n) is 23.1. The molecule has 0 spiro atoms. The van der Waals surface area contributed by atoms with E-state index in [2.05, 4.69) is 19.9 Å². The molecule has 0 saturated heterocycles. The van der Waals surface area contributed by atoms with Gasteiger partial charge in [-0.3, -0.25) is 14.4 Å². The highest BCUT2D eigenvalue weighted by Crippen LogP contribution is 2.77. The van der Waals surface area contributed by atoms with E-state index >= 15 is 0 Å². The lowest BCUT2D eigenvalue weighted by molar-refractivity contribution is -0.218. The summed E-state index contributed by atoms with van der Waals surface area (Å²) in [6.07, 6.45) is 5.18. The Morgan fingerprint density at radius 2 is 1.69 bits per heavy atom. The smallest absolute Gasteiger partial charge is 0.321 e. The fourth-order valence-electron chi connectivity index (χ4n) is 9.30. The zero-order chi connectivity index (χ0) is 27.1. The molecule has 0 N–H and O–H groups in total. The van der Waals surface area contributed by atoms with Crippen molar-refractivity contribution in [3.05, 3.63) is 23.0 Å². The molecule has 0 unspecified atom stereocenters. The van der Waals surface area contributed by atoms with E-state index in [-0.39, 0.29) is 29.7 Å². The third-order valence-electron chi connectivity index (χ3n) is 10.9. The summed E-state index contributed by atoms with van der Waals surface area (Å²) >= 11 is 0. The van der Waals surface area contributed by atoms with Gasteiger partial charge in [0.25, 0.3) is 0 Å². The van der Waals surface area contributed by atoms with E-state index in [4.69, 9.17) is 14.2 Å². The van der Waals surface area contributed by atoms with Gasteiger partial charge in [-0.25, -0.2) is 0 Å². The summed E-state index contributed by atoms with van der Waals surface area (Å²) in [5.41, 5.74) is -3.46. The van der Waals surface area contributed by atoms with Crippen molar-refractivity contribution < 1.29 is 33.4 Å². The number of Topliss-reactive ketones (excluding diaryl/α,β-unsaturated/α-hetero) is 1. The number of aldehydes is 1. The van der Waals surface area contributed by atoms with Gasteiger partial charge in [0.05, 0.1) is 19.6 Å². The zero-order valence-corrected chi connectivity index (χ0v) is 23.1. The highest BCUT2D eigenvalue weighted by Gasteiger charge is 2.80. The van der Waals surface area contributed by atoms with Gasteiger partial charge in [-0.1, -0.05) is 32.4 Å². The van der Waals surface area contributed by atoms with Gasteiger partial charge >= 0.3 is 11.9 Å². The van der Waals surface area contributed by atoms with E-state index in [1.54, 1.807) is 6.92 Å². The van der Waals surface area contributed by atoms with Gasteiger partial charge in [0.2, 0.25) is 0 Å². The van der Waals surface area contributed by atoms with E-state index < -0.39 is 33.0 Å². The van der Waals surface area contributed by atoms with E-state index in [9.17, 15) is 19.2 Å². The van der Waals surface area contributed by atoms with E-state index in [1.807, 2.05) is 20.8 Å². The van der Waals surface area contributed by atoms with Crippen LogP contribution in [0.3, 0.4) is 0 Å². The number of hydrogen-bond donors (Lipinski definition) is 0. The molecule has 2 fully saturated rings. The summed E-state index contributed by atoms with van der Waals surface area (Å²) in [4.78, 5) is 53.0. The van der Waals surface area contributed by atoms with Crippen LogP contribution in [-0.2, 0) is 33.4 Å². The second-order valence-corrected chi connectivity index (χ2v) is 12.4. The minimum Gasteiger partial charge on any atom is -0.499 e. The van der Waals surface area contributed by atoms with Crippen LogP contribution in [0.25, 0.3) is 0 Å². The molecule has 7 atom stereocenters. The SMILES string of the molecule is COC(=O)[C@@]12C(OC)=C(C)C(=O)[C@]1(C)C(C)=C[C@@H]1[C@]3(C=O)CC[C@H](OC(C)=O)C(C)(C)[C@H]3CC[C@@]12C. The van der Waals surface area contributed by atoms with Crippen LogP contribution in [-0.4, -0.2) is 44.3 Å². The molecular formula is C29H40O7.